The number of aryl methyl sites for hydroxylation is 1. The zero-order chi connectivity index (χ0) is 14.8. The first-order valence-corrected chi connectivity index (χ1v) is 7.65. The Bertz CT molecular complexity index is 533. The lowest BCUT2D eigenvalue weighted by molar-refractivity contribution is -0.152. The molecule has 0 radical (unpaired) electrons. The predicted molar refractivity (Wildman–Crippen MR) is 78.4 cm³/mol. The molecule has 2 aliphatic rings. The van der Waals surface area contributed by atoms with Crippen LogP contribution in [0.4, 0.5) is 0 Å². The van der Waals surface area contributed by atoms with Crippen LogP contribution in [-0.2, 0) is 20.9 Å². The minimum Gasteiger partial charge on any atom is -0.464 e. The largest absolute Gasteiger partial charge is 0.464 e. The van der Waals surface area contributed by atoms with Gasteiger partial charge >= 0.3 is 5.97 Å². The number of ether oxygens (including phenoxy) is 1. The van der Waals surface area contributed by atoms with Crippen LogP contribution in [0.25, 0.3) is 0 Å². The molecule has 1 aliphatic carbocycles. The zero-order valence-electron chi connectivity index (χ0n) is 12.4. The normalized spacial score (nSPS) is 21.7. The summed E-state index contributed by atoms with van der Waals surface area (Å²) in [5, 5.41) is 0. The van der Waals surface area contributed by atoms with E-state index in [1.165, 1.54) is 5.56 Å². The SMILES string of the molecule is Cc1ccc(CN2C(=O)CCC2C(=O)OCC2CC2)cc1. The quantitative estimate of drug-likeness (QED) is 0.781. The third-order valence-corrected chi connectivity index (χ3v) is 4.23. The van der Waals surface area contributed by atoms with Crippen LogP contribution in [0.1, 0.15) is 36.8 Å². The highest BCUT2D eigenvalue weighted by Crippen LogP contribution is 2.30. The van der Waals surface area contributed by atoms with E-state index in [1.807, 2.05) is 31.2 Å². The van der Waals surface area contributed by atoms with Gasteiger partial charge in [0.05, 0.1) is 6.61 Å². The molecule has 2 fully saturated rings. The third kappa shape index (κ3) is 3.43. The van der Waals surface area contributed by atoms with Gasteiger partial charge in [-0.25, -0.2) is 4.79 Å². The minimum atomic E-state index is -0.405. The van der Waals surface area contributed by atoms with Crippen LogP contribution < -0.4 is 0 Å². The van der Waals surface area contributed by atoms with Gasteiger partial charge in [0.1, 0.15) is 6.04 Å². The highest BCUT2D eigenvalue weighted by atomic mass is 16.5. The van der Waals surface area contributed by atoms with Crippen molar-refractivity contribution in [2.45, 2.75) is 45.2 Å². The van der Waals surface area contributed by atoms with Crippen LogP contribution in [0.15, 0.2) is 24.3 Å². The number of rotatable bonds is 5. The number of hydrogen-bond acceptors (Lipinski definition) is 3. The van der Waals surface area contributed by atoms with E-state index in [-0.39, 0.29) is 11.9 Å². The first kappa shape index (κ1) is 14.1. The first-order valence-electron chi connectivity index (χ1n) is 7.65. The number of carbonyl (C=O) groups is 2. The fraction of sp³-hybridized carbons (Fsp3) is 0.529. The Balaban J connectivity index is 1.63. The van der Waals surface area contributed by atoms with E-state index in [2.05, 4.69) is 0 Å². The van der Waals surface area contributed by atoms with Gasteiger partial charge in [0, 0.05) is 13.0 Å². The van der Waals surface area contributed by atoms with E-state index in [0.717, 1.165) is 18.4 Å². The molecule has 0 aromatic heterocycles. The standard InChI is InChI=1S/C17H21NO3/c1-12-2-4-13(5-3-12)10-18-15(8-9-16(18)19)17(20)21-11-14-6-7-14/h2-5,14-15H,6-11H2,1H3. The Labute approximate surface area is 125 Å². The molecule has 1 unspecified atom stereocenters. The molecule has 0 bridgehead atoms. The van der Waals surface area contributed by atoms with Gasteiger partial charge in [0.2, 0.25) is 5.91 Å². The Kier molecular flexibility index (Phi) is 3.95. The molecule has 1 aromatic carbocycles. The molecule has 1 aromatic rings. The molecule has 4 heteroatoms. The van der Waals surface area contributed by atoms with Crippen LogP contribution in [-0.4, -0.2) is 29.4 Å². The van der Waals surface area contributed by atoms with Gasteiger partial charge in [-0.1, -0.05) is 29.8 Å². The van der Waals surface area contributed by atoms with Crippen molar-refractivity contribution in [3.05, 3.63) is 35.4 Å². The monoisotopic (exact) mass is 287 g/mol. The molecular weight excluding hydrogens is 266 g/mol. The molecule has 4 nitrogen and oxygen atoms in total. The number of benzene rings is 1. The summed E-state index contributed by atoms with van der Waals surface area (Å²) in [5.41, 5.74) is 2.24. The van der Waals surface area contributed by atoms with E-state index in [0.29, 0.717) is 31.9 Å². The number of amides is 1. The molecule has 3 rings (SSSR count). The minimum absolute atomic E-state index is 0.0453. The average molecular weight is 287 g/mol. The van der Waals surface area contributed by atoms with Crippen molar-refractivity contribution in [3.8, 4) is 0 Å². The number of nitrogens with zero attached hydrogens (tertiary/aromatic N) is 1. The summed E-state index contributed by atoms with van der Waals surface area (Å²) >= 11 is 0. The highest BCUT2D eigenvalue weighted by Gasteiger charge is 2.37. The second-order valence-corrected chi connectivity index (χ2v) is 6.14. The van der Waals surface area contributed by atoms with Crippen molar-refractivity contribution in [1.29, 1.82) is 0 Å². The lowest BCUT2D eigenvalue weighted by Gasteiger charge is -2.23. The van der Waals surface area contributed by atoms with Gasteiger partial charge in [0.15, 0.2) is 0 Å². The Morgan fingerprint density at radius 1 is 1.24 bits per heavy atom. The van der Waals surface area contributed by atoms with E-state index in [1.54, 1.807) is 4.90 Å². The van der Waals surface area contributed by atoms with Crippen molar-refractivity contribution >= 4 is 11.9 Å². The number of carbonyl (C=O) groups excluding carboxylic acids is 2. The molecule has 1 atom stereocenters. The summed E-state index contributed by atoms with van der Waals surface area (Å²) in [7, 11) is 0. The van der Waals surface area contributed by atoms with Crippen molar-refractivity contribution in [3.63, 3.8) is 0 Å². The van der Waals surface area contributed by atoms with Crippen molar-refractivity contribution in [2.75, 3.05) is 6.61 Å². The van der Waals surface area contributed by atoms with Crippen LogP contribution in [0.5, 0.6) is 0 Å². The zero-order valence-corrected chi connectivity index (χ0v) is 12.4. The number of hydrogen-bond donors (Lipinski definition) is 0. The maximum Gasteiger partial charge on any atom is 0.328 e. The second-order valence-electron chi connectivity index (χ2n) is 6.14. The molecule has 1 saturated carbocycles. The van der Waals surface area contributed by atoms with Crippen molar-refractivity contribution in [1.82, 2.24) is 4.90 Å². The van der Waals surface area contributed by atoms with E-state index in [9.17, 15) is 9.59 Å². The van der Waals surface area contributed by atoms with Crippen LogP contribution in [0, 0.1) is 12.8 Å². The maximum absolute atomic E-state index is 12.2. The van der Waals surface area contributed by atoms with Gasteiger partial charge < -0.3 is 9.64 Å². The molecule has 1 saturated heterocycles. The van der Waals surface area contributed by atoms with Gasteiger partial charge in [-0.15, -0.1) is 0 Å². The third-order valence-electron chi connectivity index (χ3n) is 4.23. The number of likely N-dealkylation sites (tertiary alicyclic amines) is 1. The maximum atomic E-state index is 12.2. The van der Waals surface area contributed by atoms with Gasteiger partial charge in [-0.2, -0.15) is 0 Å². The smallest absolute Gasteiger partial charge is 0.328 e. The van der Waals surface area contributed by atoms with Gasteiger partial charge in [-0.3, -0.25) is 4.79 Å². The summed E-state index contributed by atoms with van der Waals surface area (Å²) in [6, 6.07) is 7.66. The fourth-order valence-corrected chi connectivity index (χ4v) is 2.65. The highest BCUT2D eigenvalue weighted by molar-refractivity contribution is 5.88. The first-order chi connectivity index (χ1) is 10.1. The van der Waals surface area contributed by atoms with E-state index < -0.39 is 6.04 Å². The number of esters is 1. The van der Waals surface area contributed by atoms with Crippen LogP contribution in [0.3, 0.4) is 0 Å². The lowest BCUT2D eigenvalue weighted by atomic mass is 10.1. The Morgan fingerprint density at radius 2 is 1.95 bits per heavy atom. The Hall–Kier alpha value is -1.84. The molecule has 1 aliphatic heterocycles. The summed E-state index contributed by atoms with van der Waals surface area (Å²) in [4.78, 5) is 25.9. The average Bonchev–Trinajstić information content (AvgIpc) is 3.24. The molecule has 1 amide bonds. The van der Waals surface area contributed by atoms with Crippen molar-refractivity contribution < 1.29 is 14.3 Å². The molecule has 0 N–H and O–H groups in total. The molecule has 112 valence electrons. The summed E-state index contributed by atoms with van der Waals surface area (Å²) < 4.78 is 5.35. The van der Waals surface area contributed by atoms with E-state index in [4.69, 9.17) is 4.74 Å². The van der Waals surface area contributed by atoms with Gasteiger partial charge in [-0.05, 0) is 37.7 Å². The fourth-order valence-electron chi connectivity index (χ4n) is 2.65. The molecule has 0 spiro atoms. The Morgan fingerprint density at radius 3 is 2.62 bits per heavy atom. The summed E-state index contributed by atoms with van der Waals surface area (Å²) in [6.07, 6.45) is 3.33. The van der Waals surface area contributed by atoms with Crippen LogP contribution >= 0.6 is 0 Å². The van der Waals surface area contributed by atoms with E-state index >= 15 is 0 Å². The predicted octanol–water partition coefficient (Wildman–Crippen LogP) is 2.44. The lowest BCUT2D eigenvalue weighted by Crippen LogP contribution is -2.39. The van der Waals surface area contributed by atoms with Gasteiger partial charge in [0.25, 0.3) is 0 Å². The molecule has 1 heterocycles. The van der Waals surface area contributed by atoms with Crippen molar-refractivity contribution in [2.24, 2.45) is 5.92 Å². The topological polar surface area (TPSA) is 46.6 Å². The van der Waals surface area contributed by atoms with Crippen LogP contribution in [0.2, 0.25) is 0 Å². The summed E-state index contributed by atoms with van der Waals surface area (Å²) in [5.74, 6) is 0.361. The second kappa shape index (κ2) is 5.88. The molecule has 21 heavy (non-hydrogen) atoms. The molecular formula is C17H21NO3. The summed E-state index contributed by atoms with van der Waals surface area (Å²) in [6.45, 7) is 3.03.